The molecule has 1 aromatic heterocycles. The highest BCUT2D eigenvalue weighted by Gasteiger charge is 2.41. The van der Waals surface area contributed by atoms with Gasteiger partial charge in [-0.3, -0.25) is 24.1 Å². The molecule has 0 aromatic carbocycles. The Hall–Kier alpha value is -2.97. The Kier molecular flexibility index (Phi) is 5.38. The number of likely N-dealkylation sites (tertiary alicyclic amines) is 1. The number of primary amides is 1. The summed E-state index contributed by atoms with van der Waals surface area (Å²) in [5.41, 5.74) is 5.41. The Morgan fingerprint density at radius 1 is 1.33 bits per heavy atom. The maximum absolute atomic E-state index is 13.1. The molecule has 3 atom stereocenters. The van der Waals surface area contributed by atoms with Gasteiger partial charge in [-0.25, -0.2) is 4.98 Å². The first-order valence-corrected chi connectivity index (χ1v) is 9.03. The van der Waals surface area contributed by atoms with Crippen LogP contribution in [0, 0.1) is 0 Å². The smallest absolute Gasteiger partial charge is 0.251 e. The van der Waals surface area contributed by atoms with E-state index in [1.807, 2.05) is 0 Å². The van der Waals surface area contributed by atoms with Crippen LogP contribution < -0.4 is 16.0 Å². The van der Waals surface area contributed by atoms with Crippen LogP contribution in [0.4, 0.5) is 5.82 Å². The molecule has 0 aliphatic carbocycles. The monoisotopic (exact) mass is 373 g/mol. The zero-order valence-electron chi connectivity index (χ0n) is 15.1. The van der Waals surface area contributed by atoms with Gasteiger partial charge in [-0.15, -0.1) is 0 Å². The second-order valence-corrected chi connectivity index (χ2v) is 6.82. The molecule has 2 aliphatic rings. The first kappa shape index (κ1) is 18.8. The Balaban J connectivity index is 1.88. The van der Waals surface area contributed by atoms with Gasteiger partial charge in [0.25, 0.3) is 5.91 Å². The van der Waals surface area contributed by atoms with E-state index in [9.17, 15) is 19.2 Å². The number of carbonyl (C=O) groups excluding carboxylic acids is 4. The van der Waals surface area contributed by atoms with Crippen LogP contribution in [0.3, 0.4) is 0 Å². The fourth-order valence-electron chi connectivity index (χ4n) is 3.64. The molecule has 4 amide bonds. The minimum atomic E-state index is -0.884. The van der Waals surface area contributed by atoms with Crippen LogP contribution in [0.15, 0.2) is 24.4 Å². The van der Waals surface area contributed by atoms with E-state index in [0.29, 0.717) is 31.6 Å². The maximum Gasteiger partial charge on any atom is 0.251 e. The zero-order valence-corrected chi connectivity index (χ0v) is 15.1. The summed E-state index contributed by atoms with van der Waals surface area (Å²) in [4.78, 5) is 56.3. The van der Waals surface area contributed by atoms with Crippen LogP contribution in [-0.4, -0.2) is 58.2 Å². The molecule has 2 saturated heterocycles. The average molecular weight is 373 g/mol. The van der Waals surface area contributed by atoms with Crippen molar-refractivity contribution in [1.82, 2.24) is 15.2 Å². The number of anilines is 1. The molecule has 9 heteroatoms. The lowest BCUT2D eigenvalue weighted by Gasteiger charge is -2.33. The number of hydrogen-bond donors (Lipinski definition) is 2. The Bertz CT molecular complexity index is 753. The fourth-order valence-corrected chi connectivity index (χ4v) is 3.64. The Morgan fingerprint density at radius 3 is 2.70 bits per heavy atom. The molecule has 144 valence electrons. The molecule has 3 rings (SSSR count). The summed E-state index contributed by atoms with van der Waals surface area (Å²) >= 11 is 0. The summed E-state index contributed by atoms with van der Waals surface area (Å²) in [7, 11) is 0. The van der Waals surface area contributed by atoms with Crippen LogP contribution >= 0.6 is 0 Å². The molecule has 9 nitrogen and oxygen atoms in total. The minimum Gasteiger partial charge on any atom is -0.368 e. The lowest BCUT2D eigenvalue weighted by atomic mass is 10.1. The number of nitrogens with two attached hydrogens (primary N) is 1. The summed E-state index contributed by atoms with van der Waals surface area (Å²) in [6, 6.07) is 2.82. The van der Waals surface area contributed by atoms with E-state index in [0.717, 1.165) is 0 Å². The maximum atomic E-state index is 13.1. The predicted octanol–water partition coefficient (Wildman–Crippen LogP) is -0.442. The van der Waals surface area contributed by atoms with Crippen molar-refractivity contribution >= 4 is 29.4 Å². The number of amides is 4. The molecule has 3 heterocycles. The molecule has 2 aliphatic heterocycles. The summed E-state index contributed by atoms with van der Waals surface area (Å²) in [6.07, 6.45) is 3.37. The Labute approximate surface area is 156 Å². The summed E-state index contributed by atoms with van der Waals surface area (Å²) < 4.78 is 0. The lowest BCUT2D eigenvalue weighted by Crippen LogP contribution is -2.56. The standard InChI is InChI=1S/C18H23N5O4/c1-11(17(26)22-10-4-5-13(22)16(19)25)23(14-6-2-3-9-20-14)18(27)12-7-8-15(24)21-12/h2-3,6,9,11-13H,4-5,7-8,10H2,1H3,(H2,19,25)(H,21,24)/t11?,12-,13-/m0/s1. The molecular formula is C18H23N5O4. The van der Waals surface area contributed by atoms with Crippen LogP contribution in [-0.2, 0) is 19.2 Å². The number of aromatic nitrogens is 1. The number of nitrogens with zero attached hydrogens (tertiary/aromatic N) is 3. The van der Waals surface area contributed by atoms with Crippen molar-refractivity contribution in [1.29, 1.82) is 0 Å². The molecular weight excluding hydrogens is 350 g/mol. The minimum absolute atomic E-state index is 0.193. The molecule has 27 heavy (non-hydrogen) atoms. The van der Waals surface area contributed by atoms with Gasteiger partial charge in [0.1, 0.15) is 23.9 Å². The molecule has 1 unspecified atom stereocenters. The van der Waals surface area contributed by atoms with Crippen LogP contribution in [0.5, 0.6) is 0 Å². The fraction of sp³-hybridized carbons (Fsp3) is 0.500. The third-order valence-electron chi connectivity index (χ3n) is 5.04. The van der Waals surface area contributed by atoms with E-state index >= 15 is 0 Å². The van der Waals surface area contributed by atoms with Crippen molar-refractivity contribution in [2.75, 3.05) is 11.4 Å². The van der Waals surface area contributed by atoms with E-state index < -0.39 is 29.9 Å². The largest absolute Gasteiger partial charge is 0.368 e. The van der Waals surface area contributed by atoms with Crippen molar-refractivity contribution in [3.8, 4) is 0 Å². The normalized spacial score (nSPS) is 23.0. The SMILES string of the molecule is CC(C(=O)N1CCC[C@H]1C(N)=O)N(C(=O)[C@@H]1CCC(=O)N1)c1ccccn1. The van der Waals surface area contributed by atoms with Gasteiger partial charge in [-0.1, -0.05) is 6.07 Å². The van der Waals surface area contributed by atoms with E-state index in [2.05, 4.69) is 10.3 Å². The third kappa shape index (κ3) is 3.76. The van der Waals surface area contributed by atoms with E-state index in [1.165, 1.54) is 16.0 Å². The van der Waals surface area contributed by atoms with Gasteiger partial charge in [0.05, 0.1) is 0 Å². The highest BCUT2D eigenvalue weighted by Crippen LogP contribution is 2.23. The molecule has 0 spiro atoms. The second-order valence-electron chi connectivity index (χ2n) is 6.82. The molecule has 0 bridgehead atoms. The number of hydrogen-bond acceptors (Lipinski definition) is 5. The van der Waals surface area contributed by atoms with Crippen molar-refractivity contribution in [3.63, 3.8) is 0 Å². The number of nitrogens with one attached hydrogen (secondary N) is 1. The van der Waals surface area contributed by atoms with Crippen molar-refractivity contribution in [2.45, 2.75) is 50.7 Å². The van der Waals surface area contributed by atoms with Gasteiger partial charge in [0.2, 0.25) is 17.7 Å². The molecule has 2 fully saturated rings. The van der Waals surface area contributed by atoms with Crippen molar-refractivity contribution in [2.24, 2.45) is 5.73 Å². The average Bonchev–Trinajstić information content (AvgIpc) is 3.31. The molecule has 3 N–H and O–H groups in total. The molecule has 1 aromatic rings. The van der Waals surface area contributed by atoms with Crippen LogP contribution in [0.25, 0.3) is 0 Å². The number of pyridine rings is 1. The highest BCUT2D eigenvalue weighted by molar-refractivity contribution is 6.05. The third-order valence-corrected chi connectivity index (χ3v) is 5.04. The van der Waals surface area contributed by atoms with Crippen molar-refractivity contribution in [3.05, 3.63) is 24.4 Å². The highest BCUT2D eigenvalue weighted by atomic mass is 16.2. The van der Waals surface area contributed by atoms with E-state index in [-0.39, 0.29) is 18.2 Å². The van der Waals surface area contributed by atoms with Gasteiger partial charge in [0.15, 0.2) is 0 Å². The predicted molar refractivity (Wildman–Crippen MR) is 96.3 cm³/mol. The number of rotatable bonds is 5. The first-order chi connectivity index (χ1) is 12.9. The summed E-state index contributed by atoms with van der Waals surface area (Å²) in [6.45, 7) is 2.02. The molecule has 0 radical (unpaired) electrons. The summed E-state index contributed by atoms with van der Waals surface area (Å²) in [5, 5.41) is 2.64. The molecule has 0 saturated carbocycles. The van der Waals surface area contributed by atoms with Crippen molar-refractivity contribution < 1.29 is 19.2 Å². The lowest BCUT2D eigenvalue weighted by molar-refractivity contribution is -0.139. The van der Waals surface area contributed by atoms with Gasteiger partial charge < -0.3 is 16.0 Å². The van der Waals surface area contributed by atoms with Gasteiger partial charge in [-0.2, -0.15) is 0 Å². The van der Waals surface area contributed by atoms with E-state index in [1.54, 1.807) is 25.1 Å². The summed E-state index contributed by atoms with van der Waals surface area (Å²) in [5.74, 6) is -1.18. The quantitative estimate of drug-likeness (QED) is 0.724. The Morgan fingerprint density at radius 2 is 2.11 bits per heavy atom. The second kappa shape index (κ2) is 7.73. The topological polar surface area (TPSA) is 126 Å². The van der Waals surface area contributed by atoms with Crippen LogP contribution in [0.1, 0.15) is 32.6 Å². The zero-order chi connectivity index (χ0) is 19.6. The van der Waals surface area contributed by atoms with Gasteiger partial charge in [-0.05, 0) is 38.3 Å². The first-order valence-electron chi connectivity index (χ1n) is 9.03. The number of carbonyl (C=O) groups is 4. The van der Waals surface area contributed by atoms with Gasteiger partial charge in [0, 0.05) is 19.2 Å². The van der Waals surface area contributed by atoms with Crippen LogP contribution in [0.2, 0.25) is 0 Å². The van der Waals surface area contributed by atoms with Gasteiger partial charge >= 0.3 is 0 Å². The van der Waals surface area contributed by atoms with E-state index in [4.69, 9.17) is 5.73 Å².